The fourth-order valence-corrected chi connectivity index (χ4v) is 5.23. The first-order valence-electron chi connectivity index (χ1n) is 9.47. The average molecular weight is 308 g/mol. The Morgan fingerprint density at radius 3 is 1.64 bits per heavy atom. The van der Waals surface area contributed by atoms with Gasteiger partial charge in [-0.05, 0) is 65.0 Å². The molecule has 128 valence electrons. The van der Waals surface area contributed by atoms with Crippen molar-refractivity contribution >= 4 is 0 Å². The van der Waals surface area contributed by atoms with Gasteiger partial charge in [-0.25, -0.2) is 0 Å². The Kier molecular flexibility index (Phi) is 4.37. The molecule has 0 N–H and O–H groups in total. The van der Waals surface area contributed by atoms with Crippen molar-refractivity contribution < 1.29 is 0 Å². The molecule has 0 aliphatic carbocycles. The molecule has 0 spiro atoms. The number of piperazine rings is 1. The van der Waals surface area contributed by atoms with Crippen LogP contribution in [0.4, 0.5) is 0 Å². The van der Waals surface area contributed by atoms with Crippen molar-refractivity contribution in [2.45, 2.75) is 72.0 Å². The summed E-state index contributed by atoms with van der Waals surface area (Å²) in [5.41, 5.74) is 0.727. The van der Waals surface area contributed by atoms with Crippen LogP contribution in [0.25, 0.3) is 0 Å². The van der Waals surface area contributed by atoms with E-state index in [0.29, 0.717) is 23.0 Å². The van der Waals surface area contributed by atoms with E-state index in [-0.39, 0.29) is 0 Å². The van der Waals surface area contributed by atoms with Gasteiger partial charge < -0.3 is 0 Å². The Morgan fingerprint density at radius 1 is 0.682 bits per heavy atom. The largest absolute Gasteiger partial charge is 0.298 e. The van der Waals surface area contributed by atoms with Gasteiger partial charge in [0.1, 0.15) is 0 Å². The summed E-state index contributed by atoms with van der Waals surface area (Å²) in [5, 5.41) is 0. The maximum atomic E-state index is 2.78. The normalized spacial score (nSPS) is 47.7. The molecule has 0 aromatic heterocycles. The van der Waals surface area contributed by atoms with Crippen LogP contribution in [0.1, 0.15) is 54.4 Å². The molecule has 6 aliphatic rings. The second-order valence-electron chi connectivity index (χ2n) is 9.16. The number of nitrogens with zero attached hydrogens (tertiary/aromatic N) is 3. The molecule has 2 unspecified atom stereocenters. The summed E-state index contributed by atoms with van der Waals surface area (Å²) in [6, 6.07) is 1.35. The van der Waals surface area contributed by atoms with Crippen molar-refractivity contribution in [2.75, 3.05) is 39.3 Å². The zero-order valence-corrected chi connectivity index (χ0v) is 15.7. The van der Waals surface area contributed by atoms with E-state index < -0.39 is 0 Å². The predicted octanol–water partition coefficient (Wildman–Crippen LogP) is 2.91. The molecule has 0 radical (unpaired) electrons. The molecule has 6 rings (SSSR count). The highest BCUT2D eigenvalue weighted by molar-refractivity contribution is 5.00. The summed E-state index contributed by atoms with van der Waals surface area (Å²) in [6.07, 6.45) is 2.75. The van der Waals surface area contributed by atoms with Crippen molar-refractivity contribution in [1.82, 2.24) is 14.7 Å². The average Bonchev–Trinajstić information content (AvgIpc) is 2.53. The Hall–Kier alpha value is -0.120. The highest BCUT2D eigenvalue weighted by atomic mass is 15.3. The molecule has 2 atom stereocenters. The topological polar surface area (TPSA) is 9.72 Å². The van der Waals surface area contributed by atoms with Crippen molar-refractivity contribution in [3.8, 4) is 0 Å². The highest BCUT2D eigenvalue weighted by Gasteiger charge is 2.45. The van der Waals surface area contributed by atoms with Gasteiger partial charge in [-0.3, -0.25) is 14.7 Å². The van der Waals surface area contributed by atoms with Gasteiger partial charge in [0.25, 0.3) is 0 Å². The minimum absolute atomic E-state index is 0.294. The van der Waals surface area contributed by atoms with Crippen molar-refractivity contribution in [1.29, 1.82) is 0 Å². The van der Waals surface area contributed by atoms with Crippen LogP contribution in [-0.2, 0) is 0 Å². The number of hydrogen-bond donors (Lipinski definition) is 0. The molecule has 6 fully saturated rings. The van der Waals surface area contributed by atoms with Crippen LogP contribution in [0.2, 0.25) is 0 Å². The molecular weight excluding hydrogens is 270 g/mol. The lowest BCUT2D eigenvalue weighted by molar-refractivity contribution is -0.0663. The smallest absolute Gasteiger partial charge is 0.0305 e. The second-order valence-corrected chi connectivity index (χ2v) is 9.16. The lowest BCUT2D eigenvalue weighted by atomic mass is 9.68. The monoisotopic (exact) mass is 307 g/mol. The van der Waals surface area contributed by atoms with E-state index in [1.807, 2.05) is 0 Å². The standard InChI is InChI=1S/C19H37N3/c1-15-18(3,4)17-7-9-22(10-8-17)19(5,6)16(2)21-13-11-20(15)12-14-21/h15-17H,7-14H2,1-6H3. The van der Waals surface area contributed by atoms with Gasteiger partial charge in [0.05, 0.1) is 0 Å². The first-order valence-corrected chi connectivity index (χ1v) is 9.47. The van der Waals surface area contributed by atoms with Crippen LogP contribution in [0.3, 0.4) is 0 Å². The first kappa shape index (κ1) is 16.7. The Balaban J connectivity index is 1.91. The summed E-state index contributed by atoms with van der Waals surface area (Å²) < 4.78 is 0. The number of piperidine rings is 1. The number of hydrogen-bond acceptors (Lipinski definition) is 3. The molecule has 0 aromatic rings. The molecule has 6 aliphatic heterocycles. The molecule has 4 bridgehead atoms. The van der Waals surface area contributed by atoms with Crippen LogP contribution in [-0.4, -0.2) is 71.6 Å². The Bertz CT molecular complexity index is 349. The molecule has 22 heavy (non-hydrogen) atoms. The van der Waals surface area contributed by atoms with Gasteiger partial charge in [0, 0.05) is 43.8 Å². The lowest BCUT2D eigenvalue weighted by Gasteiger charge is -2.56. The van der Waals surface area contributed by atoms with Gasteiger partial charge in [-0.2, -0.15) is 0 Å². The zero-order chi connectivity index (χ0) is 16.1. The Labute approximate surface area is 138 Å². The van der Waals surface area contributed by atoms with Gasteiger partial charge in [0.15, 0.2) is 0 Å². The zero-order valence-electron chi connectivity index (χ0n) is 15.7. The molecular formula is C19H37N3. The van der Waals surface area contributed by atoms with E-state index in [1.165, 1.54) is 52.1 Å². The lowest BCUT2D eigenvalue weighted by Crippen LogP contribution is -2.65. The molecule has 6 heterocycles. The fourth-order valence-electron chi connectivity index (χ4n) is 5.23. The molecule has 0 aromatic carbocycles. The van der Waals surface area contributed by atoms with Crippen LogP contribution < -0.4 is 0 Å². The highest BCUT2D eigenvalue weighted by Crippen LogP contribution is 2.42. The summed E-state index contributed by atoms with van der Waals surface area (Å²) in [6.45, 7) is 22.5. The molecule has 0 amide bonds. The fraction of sp³-hybridized carbons (Fsp3) is 1.00. The van der Waals surface area contributed by atoms with E-state index in [0.717, 1.165) is 5.92 Å². The van der Waals surface area contributed by atoms with E-state index in [9.17, 15) is 0 Å². The van der Waals surface area contributed by atoms with Gasteiger partial charge in [-0.15, -0.1) is 0 Å². The molecule has 0 saturated carbocycles. The third-order valence-corrected chi connectivity index (χ3v) is 7.91. The predicted molar refractivity (Wildman–Crippen MR) is 94.2 cm³/mol. The van der Waals surface area contributed by atoms with Gasteiger partial charge >= 0.3 is 0 Å². The summed E-state index contributed by atoms with van der Waals surface area (Å²) in [4.78, 5) is 8.29. The van der Waals surface area contributed by atoms with E-state index in [4.69, 9.17) is 0 Å². The van der Waals surface area contributed by atoms with Crippen molar-refractivity contribution in [2.24, 2.45) is 11.3 Å². The van der Waals surface area contributed by atoms with E-state index in [1.54, 1.807) is 0 Å². The molecule has 3 heteroatoms. The summed E-state index contributed by atoms with van der Waals surface area (Å²) in [7, 11) is 0. The first-order chi connectivity index (χ1) is 10.2. The number of rotatable bonds is 0. The van der Waals surface area contributed by atoms with Crippen LogP contribution in [0, 0.1) is 11.3 Å². The van der Waals surface area contributed by atoms with E-state index >= 15 is 0 Å². The maximum Gasteiger partial charge on any atom is 0.0305 e. The molecule has 3 nitrogen and oxygen atoms in total. The third-order valence-electron chi connectivity index (χ3n) is 7.91. The molecule has 6 saturated heterocycles. The van der Waals surface area contributed by atoms with Crippen LogP contribution in [0.5, 0.6) is 0 Å². The minimum atomic E-state index is 0.294. The van der Waals surface area contributed by atoms with Crippen LogP contribution >= 0.6 is 0 Å². The van der Waals surface area contributed by atoms with E-state index in [2.05, 4.69) is 56.2 Å². The van der Waals surface area contributed by atoms with Gasteiger partial charge in [-0.1, -0.05) is 13.8 Å². The minimum Gasteiger partial charge on any atom is -0.298 e. The Morgan fingerprint density at radius 2 is 1.14 bits per heavy atom. The summed E-state index contributed by atoms with van der Waals surface area (Å²) in [5.74, 6) is 0.877. The quantitative estimate of drug-likeness (QED) is 0.681. The van der Waals surface area contributed by atoms with Crippen LogP contribution in [0.15, 0.2) is 0 Å². The maximum absolute atomic E-state index is 2.78. The van der Waals surface area contributed by atoms with Crippen molar-refractivity contribution in [3.05, 3.63) is 0 Å². The van der Waals surface area contributed by atoms with Crippen molar-refractivity contribution in [3.63, 3.8) is 0 Å². The third kappa shape index (κ3) is 2.63. The van der Waals surface area contributed by atoms with Gasteiger partial charge in [0.2, 0.25) is 0 Å². The summed E-state index contributed by atoms with van der Waals surface area (Å²) >= 11 is 0. The SMILES string of the molecule is CC1N2CCN(CC2)C(C)C(C)(C)N2CCC(CC2)C1(C)C. The second kappa shape index (κ2) is 5.75.